The van der Waals surface area contributed by atoms with Crippen LogP contribution in [0, 0.1) is 5.41 Å². The lowest BCUT2D eigenvalue weighted by atomic mass is 9.83. The first-order valence-electron chi connectivity index (χ1n) is 3.46. The lowest BCUT2D eigenvalue weighted by Crippen LogP contribution is -2.41. The molecule has 0 radical (unpaired) electrons. The zero-order valence-corrected chi connectivity index (χ0v) is 6.87. The van der Waals surface area contributed by atoms with Crippen molar-refractivity contribution in [2.45, 2.75) is 39.5 Å². The summed E-state index contributed by atoms with van der Waals surface area (Å²) in [7, 11) is 0. The molecule has 0 aromatic carbocycles. The number of hydrogen-bond donors (Lipinski definition) is 1. The summed E-state index contributed by atoms with van der Waals surface area (Å²) in [4.78, 5) is 0. The van der Waals surface area contributed by atoms with Gasteiger partial charge in [-0.3, -0.25) is 0 Å². The highest BCUT2D eigenvalue weighted by molar-refractivity contribution is 4.81. The highest BCUT2D eigenvalue weighted by Crippen LogP contribution is 2.35. The van der Waals surface area contributed by atoms with Crippen LogP contribution in [0.3, 0.4) is 0 Å². The molecule has 1 nitrogen and oxygen atoms in total. The summed E-state index contributed by atoms with van der Waals surface area (Å²) in [6.45, 7) is 4.41. The number of hydrogen-bond acceptors (Lipinski definition) is 1. The van der Waals surface area contributed by atoms with E-state index in [1.807, 2.05) is 0 Å². The van der Waals surface area contributed by atoms with Crippen LogP contribution in [0.4, 0.5) is 13.2 Å². The molecular weight excluding hydrogens is 157 g/mol. The first-order chi connectivity index (χ1) is 4.72. The second-order valence-corrected chi connectivity index (χ2v) is 3.29. The van der Waals surface area contributed by atoms with Crippen molar-refractivity contribution in [2.24, 2.45) is 5.41 Å². The Balaban J connectivity index is 4.35. The molecule has 0 bridgehead atoms. The summed E-state index contributed by atoms with van der Waals surface area (Å²) in [6.07, 6.45) is -6.42. The maximum atomic E-state index is 11.9. The summed E-state index contributed by atoms with van der Waals surface area (Å²) in [6, 6.07) is 0. The summed E-state index contributed by atoms with van der Waals surface area (Å²) < 4.78 is 35.6. The second-order valence-electron chi connectivity index (χ2n) is 3.29. The monoisotopic (exact) mass is 170 g/mol. The third-order valence-corrected chi connectivity index (χ3v) is 1.96. The number of aliphatic hydroxyl groups is 1. The minimum Gasteiger partial charge on any atom is -0.383 e. The molecular formula is C7H13F3O. The van der Waals surface area contributed by atoms with E-state index in [0.29, 0.717) is 6.42 Å². The van der Waals surface area contributed by atoms with Crippen LogP contribution in [0.25, 0.3) is 0 Å². The van der Waals surface area contributed by atoms with Crippen LogP contribution >= 0.6 is 0 Å². The Kier molecular flexibility index (Phi) is 2.94. The first-order valence-corrected chi connectivity index (χ1v) is 3.46. The molecule has 0 aromatic rings. The van der Waals surface area contributed by atoms with E-state index in [0.717, 1.165) is 0 Å². The van der Waals surface area contributed by atoms with E-state index < -0.39 is 17.7 Å². The smallest absolute Gasteiger partial charge is 0.383 e. The van der Waals surface area contributed by atoms with Gasteiger partial charge in [-0.05, 0) is 11.8 Å². The van der Waals surface area contributed by atoms with E-state index in [1.54, 1.807) is 6.92 Å². The Morgan fingerprint density at radius 3 is 1.73 bits per heavy atom. The van der Waals surface area contributed by atoms with Gasteiger partial charge in [0.2, 0.25) is 0 Å². The zero-order chi connectivity index (χ0) is 9.28. The molecule has 1 N–H and O–H groups in total. The minimum absolute atomic E-state index is 0.299. The minimum atomic E-state index is -4.50. The number of aliphatic hydroxyl groups excluding tert-OH is 1. The molecule has 0 aromatic heterocycles. The Bertz CT molecular complexity index is 128. The Morgan fingerprint density at radius 2 is 1.64 bits per heavy atom. The predicted molar refractivity (Wildman–Crippen MR) is 36.1 cm³/mol. The molecule has 1 atom stereocenters. The fourth-order valence-corrected chi connectivity index (χ4v) is 0.636. The van der Waals surface area contributed by atoms with Gasteiger partial charge in [-0.2, -0.15) is 13.2 Å². The fourth-order valence-electron chi connectivity index (χ4n) is 0.636. The van der Waals surface area contributed by atoms with E-state index >= 15 is 0 Å². The summed E-state index contributed by atoms with van der Waals surface area (Å²) in [5, 5.41) is 8.79. The Labute approximate surface area is 64.2 Å². The van der Waals surface area contributed by atoms with Crippen LogP contribution < -0.4 is 0 Å². The normalized spacial score (nSPS) is 16.6. The maximum Gasteiger partial charge on any atom is 0.414 e. The summed E-state index contributed by atoms with van der Waals surface area (Å²) >= 11 is 0. The fraction of sp³-hybridized carbons (Fsp3) is 1.00. The van der Waals surface area contributed by atoms with Gasteiger partial charge in [0.1, 0.15) is 0 Å². The molecule has 0 rings (SSSR count). The molecule has 0 aliphatic carbocycles. The van der Waals surface area contributed by atoms with Gasteiger partial charge in [0.25, 0.3) is 0 Å². The van der Waals surface area contributed by atoms with Gasteiger partial charge in [-0.15, -0.1) is 0 Å². The third-order valence-electron chi connectivity index (χ3n) is 1.96. The average molecular weight is 170 g/mol. The average Bonchev–Trinajstić information content (AvgIpc) is 1.84. The SMILES string of the molecule is CCC(C)(C)C(O)C(F)(F)F. The molecule has 0 aliphatic heterocycles. The molecule has 68 valence electrons. The Hall–Kier alpha value is -0.250. The van der Waals surface area contributed by atoms with Gasteiger partial charge in [-0.1, -0.05) is 20.8 Å². The molecule has 0 aliphatic rings. The predicted octanol–water partition coefficient (Wildman–Crippen LogP) is 2.35. The van der Waals surface area contributed by atoms with Crippen molar-refractivity contribution in [3.05, 3.63) is 0 Å². The largest absolute Gasteiger partial charge is 0.414 e. The van der Waals surface area contributed by atoms with Crippen LogP contribution in [-0.4, -0.2) is 17.4 Å². The maximum absolute atomic E-state index is 11.9. The van der Waals surface area contributed by atoms with Crippen molar-refractivity contribution in [3.63, 3.8) is 0 Å². The van der Waals surface area contributed by atoms with E-state index in [1.165, 1.54) is 13.8 Å². The van der Waals surface area contributed by atoms with Crippen LogP contribution in [0.2, 0.25) is 0 Å². The topological polar surface area (TPSA) is 20.2 Å². The first kappa shape index (κ1) is 10.8. The van der Waals surface area contributed by atoms with Gasteiger partial charge < -0.3 is 5.11 Å². The number of halogens is 3. The number of alkyl halides is 3. The van der Waals surface area contributed by atoms with Crippen molar-refractivity contribution in [3.8, 4) is 0 Å². The van der Waals surface area contributed by atoms with Crippen molar-refractivity contribution in [1.29, 1.82) is 0 Å². The van der Waals surface area contributed by atoms with Gasteiger partial charge in [0.15, 0.2) is 6.10 Å². The zero-order valence-electron chi connectivity index (χ0n) is 6.87. The Morgan fingerprint density at radius 1 is 1.27 bits per heavy atom. The molecule has 0 fully saturated rings. The summed E-state index contributed by atoms with van der Waals surface area (Å²) in [5.74, 6) is 0. The quantitative estimate of drug-likeness (QED) is 0.674. The van der Waals surface area contributed by atoms with E-state index in [4.69, 9.17) is 5.11 Å². The molecule has 0 saturated carbocycles. The van der Waals surface area contributed by atoms with Crippen LogP contribution in [-0.2, 0) is 0 Å². The molecule has 0 amide bonds. The van der Waals surface area contributed by atoms with Crippen molar-refractivity contribution in [1.82, 2.24) is 0 Å². The molecule has 4 heteroatoms. The molecule has 0 saturated heterocycles. The molecule has 11 heavy (non-hydrogen) atoms. The van der Waals surface area contributed by atoms with Crippen molar-refractivity contribution >= 4 is 0 Å². The van der Waals surface area contributed by atoms with E-state index in [9.17, 15) is 13.2 Å². The highest BCUT2D eigenvalue weighted by atomic mass is 19.4. The molecule has 0 spiro atoms. The third kappa shape index (κ3) is 2.69. The highest BCUT2D eigenvalue weighted by Gasteiger charge is 2.46. The standard InChI is InChI=1S/C7H13F3O/c1-4-6(2,3)5(11)7(8,9)10/h5,11H,4H2,1-3H3. The van der Waals surface area contributed by atoms with Gasteiger partial charge >= 0.3 is 6.18 Å². The number of rotatable bonds is 2. The molecule has 1 unspecified atom stereocenters. The van der Waals surface area contributed by atoms with Crippen LogP contribution in [0.15, 0.2) is 0 Å². The van der Waals surface area contributed by atoms with E-state index in [2.05, 4.69) is 0 Å². The summed E-state index contributed by atoms with van der Waals surface area (Å²) in [5.41, 5.74) is -1.09. The van der Waals surface area contributed by atoms with Gasteiger partial charge in [0, 0.05) is 0 Å². The van der Waals surface area contributed by atoms with Gasteiger partial charge in [0.05, 0.1) is 0 Å². The second kappa shape index (κ2) is 3.01. The van der Waals surface area contributed by atoms with Crippen molar-refractivity contribution < 1.29 is 18.3 Å². The van der Waals surface area contributed by atoms with Gasteiger partial charge in [-0.25, -0.2) is 0 Å². The van der Waals surface area contributed by atoms with Crippen LogP contribution in [0.1, 0.15) is 27.2 Å². The lowest BCUT2D eigenvalue weighted by Gasteiger charge is -2.30. The molecule has 0 heterocycles. The lowest BCUT2D eigenvalue weighted by molar-refractivity contribution is -0.234. The van der Waals surface area contributed by atoms with E-state index in [-0.39, 0.29) is 0 Å². The van der Waals surface area contributed by atoms with Crippen molar-refractivity contribution in [2.75, 3.05) is 0 Å². The van der Waals surface area contributed by atoms with Crippen LogP contribution in [0.5, 0.6) is 0 Å².